The highest BCUT2D eigenvalue weighted by atomic mass is 35.5. The lowest BCUT2D eigenvalue weighted by molar-refractivity contribution is 0.202. The van der Waals surface area contributed by atoms with E-state index in [2.05, 4.69) is 0 Å². The second-order valence-electron chi connectivity index (χ2n) is 2.47. The van der Waals surface area contributed by atoms with Crippen molar-refractivity contribution in [2.45, 2.75) is 0 Å². The maximum Gasteiger partial charge on any atom is 0.419 e. The minimum absolute atomic E-state index is 0. The van der Waals surface area contributed by atoms with Crippen molar-refractivity contribution in [2.75, 3.05) is 4.90 Å². The highest BCUT2D eigenvalue weighted by Crippen LogP contribution is 2.27. The second-order valence-corrected chi connectivity index (χ2v) is 3.61. The van der Waals surface area contributed by atoms with E-state index in [1.54, 1.807) is 0 Å². The van der Waals surface area contributed by atoms with E-state index in [1.807, 2.05) is 0 Å². The van der Waals surface area contributed by atoms with Gasteiger partial charge in [0.15, 0.2) is 0 Å². The number of carbonyl (C=O) groups excluding carboxylic acids is 1. The molecule has 4 nitrogen and oxygen atoms in total. The molecule has 0 atom stereocenters. The molecule has 1 rings (SSSR count). The first-order valence-corrected chi connectivity index (χ1v) is 4.74. The number of benzene rings is 1. The summed E-state index contributed by atoms with van der Waals surface area (Å²) >= 11 is 16.4. The molecule has 0 aliphatic carbocycles. The van der Waals surface area contributed by atoms with Crippen LogP contribution in [-0.4, -0.2) is 16.6 Å². The van der Waals surface area contributed by atoms with Crippen LogP contribution in [0.2, 0.25) is 10.0 Å². The van der Waals surface area contributed by atoms with Crippen molar-refractivity contribution >= 4 is 64.4 Å². The van der Waals surface area contributed by atoms with Gasteiger partial charge in [0.2, 0.25) is 0 Å². The van der Waals surface area contributed by atoms with Crippen LogP contribution in [0.1, 0.15) is 0 Å². The quantitative estimate of drug-likeness (QED) is 0.623. The van der Waals surface area contributed by atoms with Gasteiger partial charge in [0.05, 0.1) is 15.7 Å². The number of hydrogen-bond donors (Lipinski definition) is 1. The fraction of sp³-hybridized carbons (Fsp3) is 0. The number of carbonyl (C=O) groups is 2. The molecule has 0 aromatic heterocycles. The molecule has 0 radical (unpaired) electrons. The molecule has 0 unspecified atom stereocenters. The Morgan fingerprint density at radius 3 is 2.12 bits per heavy atom. The SMILES string of the molecule is Cl.O=C(O)N(C(=O)Cl)c1ccc(Cl)c(Cl)c1. The Balaban J connectivity index is 0.00000225. The van der Waals surface area contributed by atoms with E-state index < -0.39 is 11.5 Å². The Labute approximate surface area is 112 Å². The summed E-state index contributed by atoms with van der Waals surface area (Å²) in [7, 11) is 0. The summed E-state index contributed by atoms with van der Waals surface area (Å²) in [6.45, 7) is 0. The molecule has 88 valence electrons. The molecule has 0 heterocycles. The molecule has 1 aromatic carbocycles. The van der Waals surface area contributed by atoms with E-state index in [0.29, 0.717) is 4.90 Å². The van der Waals surface area contributed by atoms with Crippen LogP contribution in [0, 0.1) is 0 Å². The fourth-order valence-corrected chi connectivity index (χ4v) is 1.37. The molecule has 0 fully saturated rings. The third-order valence-electron chi connectivity index (χ3n) is 1.53. The molecular formula is C8H5Cl4NO3. The summed E-state index contributed by atoms with van der Waals surface area (Å²) in [6.07, 6.45) is -1.49. The number of nitrogens with zero attached hydrogens (tertiary/aromatic N) is 1. The standard InChI is InChI=1S/C8H4Cl3NO3.ClH/c9-5-2-1-4(3-6(5)10)12(7(11)13)8(14)15;/h1-3H,(H,14,15);1H. The van der Waals surface area contributed by atoms with Crippen molar-refractivity contribution in [1.82, 2.24) is 0 Å². The monoisotopic (exact) mass is 303 g/mol. The van der Waals surface area contributed by atoms with Crippen LogP contribution in [0.25, 0.3) is 0 Å². The van der Waals surface area contributed by atoms with Gasteiger partial charge in [0, 0.05) is 0 Å². The van der Waals surface area contributed by atoms with Gasteiger partial charge in [-0.2, -0.15) is 0 Å². The van der Waals surface area contributed by atoms with Crippen LogP contribution in [0.4, 0.5) is 15.3 Å². The molecule has 0 saturated carbocycles. The maximum atomic E-state index is 10.8. The summed E-state index contributed by atoms with van der Waals surface area (Å²) in [6, 6.07) is 3.93. The minimum Gasteiger partial charge on any atom is -0.464 e. The van der Waals surface area contributed by atoms with Crippen LogP contribution in [0.15, 0.2) is 18.2 Å². The molecule has 1 N–H and O–H groups in total. The lowest BCUT2D eigenvalue weighted by Gasteiger charge is -2.13. The predicted octanol–water partition coefficient (Wildman–Crippen LogP) is 4.26. The minimum atomic E-state index is -1.49. The van der Waals surface area contributed by atoms with Crippen LogP contribution in [-0.2, 0) is 0 Å². The molecule has 0 saturated heterocycles. The van der Waals surface area contributed by atoms with Crippen molar-refractivity contribution in [3.05, 3.63) is 28.2 Å². The molecule has 16 heavy (non-hydrogen) atoms. The summed E-state index contributed by atoms with van der Waals surface area (Å²) < 4.78 is 0. The van der Waals surface area contributed by atoms with Gasteiger partial charge in [-0.1, -0.05) is 23.2 Å². The van der Waals surface area contributed by atoms with E-state index in [4.69, 9.17) is 39.9 Å². The molecule has 1 aromatic rings. The first kappa shape index (κ1) is 15.3. The Morgan fingerprint density at radius 2 is 1.75 bits per heavy atom. The van der Waals surface area contributed by atoms with E-state index in [-0.39, 0.29) is 28.1 Å². The summed E-state index contributed by atoms with van der Waals surface area (Å²) in [5.74, 6) is 0. The van der Waals surface area contributed by atoms with E-state index in [9.17, 15) is 9.59 Å². The van der Waals surface area contributed by atoms with Crippen molar-refractivity contribution in [1.29, 1.82) is 0 Å². The summed E-state index contributed by atoms with van der Waals surface area (Å²) in [5.41, 5.74) is 0.0388. The molecule has 0 bridgehead atoms. The fourth-order valence-electron chi connectivity index (χ4n) is 0.911. The number of hydrogen-bond acceptors (Lipinski definition) is 2. The molecular weight excluding hydrogens is 300 g/mol. The smallest absolute Gasteiger partial charge is 0.419 e. The summed E-state index contributed by atoms with van der Waals surface area (Å²) in [5, 5.41) is 7.96. The van der Waals surface area contributed by atoms with Gasteiger partial charge in [0.1, 0.15) is 0 Å². The number of carboxylic acid groups (broad SMARTS) is 1. The average Bonchev–Trinajstić information content (AvgIpc) is 2.10. The van der Waals surface area contributed by atoms with Gasteiger partial charge in [-0.25, -0.2) is 9.69 Å². The van der Waals surface area contributed by atoms with Gasteiger partial charge >= 0.3 is 11.5 Å². The Hall–Kier alpha value is -0.680. The van der Waals surface area contributed by atoms with E-state index >= 15 is 0 Å². The highest BCUT2D eigenvalue weighted by Gasteiger charge is 2.21. The first-order chi connectivity index (χ1) is 6.93. The van der Waals surface area contributed by atoms with Gasteiger partial charge < -0.3 is 5.11 Å². The normalized spacial score (nSPS) is 9.19. The molecule has 0 spiro atoms. The largest absolute Gasteiger partial charge is 0.464 e. The van der Waals surface area contributed by atoms with Crippen molar-refractivity contribution in [3.8, 4) is 0 Å². The third-order valence-corrected chi connectivity index (χ3v) is 2.44. The highest BCUT2D eigenvalue weighted by molar-refractivity contribution is 6.68. The van der Waals surface area contributed by atoms with Gasteiger partial charge in [0.25, 0.3) is 0 Å². The number of halogens is 4. The zero-order chi connectivity index (χ0) is 11.6. The zero-order valence-corrected chi connectivity index (χ0v) is 10.6. The van der Waals surface area contributed by atoms with Crippen molar-refractivity contribution in [3.63, 3.8) is 0 Å². The lowest BCUT2D eigenvalue weighted by Crippen LogP contribution is -2.31. The van der Waals surface area contributed by atoms with Crippen LogP contribution in [0.3, 0.4) is 0 Å². The molecule has 0 aliphatic rings. The Morgan fingerprint density at radius 1 is 1.19 bits per heavy atom. The third kappa shape index (κ3) is 3.42. The van der Waals surface area contributed by atoms with Crippen molar-refractivity contribution < 1.29 is 14.7 Å². The van der Waals surface area contributed by atoms with Gasteiger partial charge in [-0.05, 0) is 29.8 Å². The first-order valence-electron chi connectivity index (χ1n) is 3.61. The Bertz CT molecular complexity index is 410. The average molecular weight is 305 g/mol. The number of amides is 2. The van der Waals surface area contributed by atoms with Gasteiger partial charge in [-0.3, -0.25) is 4.79 Å². The van der Waals surface area contributed by atoms with Gasteiger partial charge in [-0.15, -0.1) is 12.4 Å². The number of rotatable bonds is 1. The van der Waals surface area contributed by atoms with Crippen LogP contribution in [0.5, 0.6) is 0 Å². The van der Waals surface area contributed by atoms with Crippen LogP contribution >= 0.6 is 47.2 Å². The molecule has 8 heteroatoms. The van der Waals surface area contributed by atoms with E-state index in [0.717, 1.165) is 0 Å². The topological polar surface area (TPSA) is 57.6 Å². The lowest BCUT2D eigenvalue weighted by atomic mass is 10.3. The maximum absolute atomic E-state index is 10.8. The Kier molecular flexibility index (Phi) is 5.89. The van der Waals surface area contributed by atoms with E-state index in [1.165, 1.54) is 18.2 Å². The molecule has 0 aliphatic heterocycles. The summed E-state index contributed by atoms with van der Waals surface area (Å²) in [4.78, 5) is 21.8. The number of anilines is 1. The second kappa shape index (κ2) is 6.15. The number of imide groups is 1. The predicted molar refractivity (Wildman–Crippen MR) is 65.5 cm³/mol. The molecule has 2 amide bonds. The zero-order valence-electron chi connectivity index (χ0n) is 7.49. The van der Waals surface area contributed by atoms with Crippen molar-refractivity contribution in [2.24, 2.45) is 0 Å². The van der Waals surface area contributed by atoms with Crippen LogP contribution < -0.4 is 4.90 Å².